The van der Waals surface area contributed by atoms with E-state index in [1.54, 1.807) is 0 Å². The topological polar surface area (TPSA) is 62.3 Å². The molecule has 0 saturated carbocycles. The Morgan fingerprint density at radius 2 is 2.11 bits per heavy atom. The van der Waals surface area contributed by atoms with Gasteiger partial charge in [0, 0.05) is 24.1 Å². The summed E-state index contributed by atoms with van der Waals surface area (Å²) in [5.74, 6) is 0.808. The number of anilines is 1. The second-order valence-electron chi connectivity index (χ2n) is 4.30. The molecule has 0 aliphatic heterocycles. The predicted molar refractivity (Wildman–Crippen MR) is 81.9 cm³/mol. The maximum absolute atomic E-state index is 11.4. The van der Waals surface area contributed by atoms with Crippen LogP contribution in [0, 0.1) is 6.92 Å². The van der Waals surface area contributed by atoms with Crippen LogP contribution in [0.3, 0.4) is 0 Å². The summed E-state index contributed by atoms with van der Waals surface area (Å²) >= 11 is 3.40. The molecule has 1 rings (SSSR count). The third-order valence-electron chi connectivity index (χ3n) is 2.73. The molecule has 0 aliphatic carbocycles. The van der Waals surface area contributed by atoms with Crippen LogP contribution in [0.25, 0.3) is 0 Å². The molecular formula is C12H20BrN3O2S. The van der Waals surface area contributed by atoms with Crippen molar-refractivity contribution in [2.24, 2.45) is 0 Å². The van der Waals surface area contributed by atoms with Crippen molar-refractivity contribution in [3.8, 4) is 0 Å². The number of hydrogen-bond donors (Lipinski definition) is 1. The molecule has 1 aromatic heterocycles. The summed E-state index contributed by atoms with van der Waals surface area (Å²) in [6, 6.07) is 3.84. The second kappa shape index (κ2) is 7.21. The quantitative estimate of drug-likeness (QED) is 0.766. The third kappa shape index (κ3) is 5.46. The molecule has 0 fully saturated rings. The molecule has 0 atom stereocenters. The van der Waals surface area contributed by atoms with Crippen molar-refractivity contribution in [1.29, 1.82) is 0 Å². The number of sulfonamides is 1. The number of nitrogens with zero attached hydrogens (tertiary/aromatic N) is 2. The Balaban J connectivity index is 2.40. The molecule has 0 radical (unpaired) electrons. The van der Waals surface area contributed by atoms with Gasteiger partial charge >= 0.3 is 0 Å². The Bertz CT molecular complexity index is 520. The minimum Gasteiger partial charge on any atom is -0.370 e. The van der Waals surface area contributed by atoms with Gasteiger partial charge in [0.1, 0.15) is 5.82 Å². The monoisotopic (exact) mass is 349 g/mol. The number of aromatic nitrogens is 1. The van der Waals surface area contributed by atoms with Crippen LogP contribution in [0.4, 0.5) is 5.82 Å². The number of nitrogens with one attached hydrogen (secondary N) is 1. The van der Waals surface area contributed by atoms with E-state index in [1.807, 2.05) is 26.0 Å². The lowest BCUT2D eigenvalue weighted by Gasteiger charge is -2.17. The summed E-state index contributed by atoms with van der Waals surface area (Å²) in [5, 5.41) is 3.19. The van der Waals surface area contributed by atoms with E-state index in [4.69, 9.17) is 0 Å². The summed E-state index contributed by atoms with van der Waals surface area (Å²) < 4.78 is 25.2. The van der Waals surface area contributed by atoms with Crippen LogP contribution in [-0.2, 0) is 10.0 Å². The first-order valence-electron chi connectivity index (χ1n) is 6.16. The molecule has 0 spiro atoms. The van der Waals surface area contributed by atoms with Crippen molar-refractivity contribution >= 4 is 31.8 Å². The Hall–Kier alpha value is -0.660. The van der Waals surface area contributed by atoms with E-state index in [2.05, 4.69) is 26.2 Å². The Morgan fingerprint density at radius 1 is 1.42 bits per heavy atom. The summed E-state index contributed by atoms with van der Waals surface area (Å²) in [6.45, 7) is 5.50. The van der Waals surface area contributed by atoms with Crippen molar-refractivity contribution in [1.82, 2.24) is 9.29 Å². The van der Waals surface area contributed by atoms with Crippen molar-refractivity contribution in [2.45, 2.75) is 20.3 Å². The zero-order chi connectivity index (χ0) is 14.5. The van der Waals surface area contributed by atoms with E-state index in [0.29, 0.717) is 19.6 Å². The van der Waals surface area contributed by atoms with Crippen LogP contribution in [0.1, 0.15) is 19.0 Å². The maximum Gasteiger partial charge on any atom is 0.211 e. The fraction of sp³-hybridized carbons (Fsp3) is 0.583. The average molecular weight is 350 g/mol. The molecule has 108 valence electrons. The summed E-state index contributed by atoms with van der Waals surface area (Å²) in [4.78, 5) is 4.37. The minimum absolute atomic E-state index is 0.508. The summed E-state index contributed by atoms with van der Waals surface area (Å²) in [6.07, 6.45) is 1.99. The van der Waals surface area contributed by atoms with E-state index in [9.17, 15) is 8.42 Å². The second-order valence-corrected chi connectivity index (χ2v) is 7.14. The number of pyridine rings is 1. The van der Waals surface area contributed by atoms with Gasteiger partial charge in [-0.15, -0.1) is 0 Å². The lowest BCUT2D eigenvalue weighted by Crippen LogP contribution is -2.31. The van der Waals surface area contributed by atoms with Gasteiger partial charge in [-0.2, -0.15) is 0 Å². The van der Waals surface area contributed by atoms with Crippen molar-refractivity contribution in [2.75, 3.05) is 31.2 Å². The third-order valence-corrected chi connectivity index (χ3v) is 4.95. The molecule has 0 unspecified atom stereocenters. The highest BCUT2D eigenvalue weighted by molar-refractivity contribution is 9.10. The van der Waals surface area contributed by atoms with Gasteiger partial charge < -0.3 is 5.32 Å². The molecule has 0 aromatic carbocycles. The summed E-state index contributed by atoms with van der Waals surface area (Å²) in [7, 11) is -3.09. The van der Waals surface area contributed by atoms with Crippen LogP contribution in [0.5, 0.6) is 0 Å². The molecule has 19 heavy (non-hydrogen) atoms. The number of halogens is 1. The first-order chi connectivity index (χ1) is 8.84. The highest BCUT2D eigenvalue weighted by Gasteiger charge is 2.12. The smallest absolute Gasteiger partial charge is 0.211 e. The fourth-order valence-electron chi connectivity index (χ4n) is 1.67. The molecule has 1 N–H and O–H groups in total. The van der Waals surface area contributed by atoms with Crippen molar-refractivity contribution < 1.29 is 8.42 Å². The lowest BCUT2D eigenvalue weighted by atomic mass is 10.3. The van der Waals surface area contributed by atoms with Crippen LogP contribution >= 0.6 is 15.9 Å². The SMILES string of the molecule is CCN(CCCNc1ccc(Br)c(C)n1)S(C)(=O)=O. The van der Waals surface area contributed by atoms with Gasteiger partial charge in [-0.1, -0.05) is 6.92 Å². The maximum atomic E-state index is 11.4. The van der Waals surface area contributed by atoms with Gasteiger partial charge in [0.2, 0.25) is 10.0 Å². The number of rotatable bonds is 7. The highest BCUT2D eigenvalue weighted by atomic mass is 79.9. The van der Waals surface area contributed by atoms with Gasteiger partial charge in [-0.05, 0) is 41.4 Å². The molecular weight excluding hydrogens is 330 g/mol. The van der Waals surface area contributed by atoms with E-state index >= 15 is 0 Å². The zero-order valence-electron chi connectivity index (χ0n) is 11.5. The van der Waals surface area contributed by atoms with Crippen LogP contribution in [-0.4, -0.2) is 43.6 Å². The number of aryl methyl sites for hydroxylation is 1. The van der Waals surface area contributed by atoms with E-state index < -0.39 is 10.0 Å². The molecule has 1 heterocycles. The first-order valence-corrected chi connectivity index (χ1v) is 8.81. The molecule has 0 saturated heterocycles. The van der Waals surface area contributed by atoms with Gasteiger partial charge in [-0.3, -0.25) is 0 Å². The van der Waals surface area contributed by atoms with Crippen LogP contribution < -0.4 is 5.32 Å². The lowest BCUT2D eigenvalue weighted by molar-refractivity contribution is 0.428. The van der Waals surface area contributed by atoms with E-state index in [0.717, 1.165) is 22.4 Å². The molecule has 7 heteroatoms. The average Bonchev–Trinajstić information content (AvgIpc) is 2.32. The molecule has 5 nitrogen and oxygen atoms in total. The van der Waals surface area contributed by atoms with Crippen LogP contribution in [0.2, 0.25) is 0 Å². The Labute approximate surface area is 123 Å². The molecule has 0 amide bonds. The zero-order valence-corrected chi connectivity index (χ0v) is 13.9. The van der Waals surface area contributed by atoms with Gasteiger partial charge in [0.25, 0.3) is 0 Å². The largest absolute Gasteiger partial charge is 0.370 e. The first kappa shape index (κ1) is 16.4. The fourth-order valence-corrected chi connectivity index (χ4v) is 2.82. The van der Waals surface area contributed by atoms with Gasteiger partial charge in [-0.25, -0.2) is 17.7 Å². The van der Waals surface area contributed by atoms with E-state index in [-0.39, 0.29) is 0 Å². The molecule has 0 aliphatic rings. The number of hydrogen-bond acceptors (Lipinski definition) is 4. The Kier molecular flexibility index (Phi) is 6.22. The van der Waals surface area contributed by atoms with Crippen molar-refractivity contribution in [3.63, 3.8) is 0 Å². The normalized spacial score (nSPS) is 11.8. The van der Waals surface area contributed by atoms with Crippen LogP contribution in [0.15, 0.2) is 16.6 Å². The standard InChI is InChI=1S/C12H20BrN3O2S/c1-4-16(19(3,17)18)9-5-8-14-12-7-6-11(13)10(2)15-12/h6-7H,4-5,8-9H2,1-3H3,(H,14,15). The highest BCUT2D eigenvalue weighted by Crippen LogP contribution is 2.16. The van der Waals surface area contributed by atoms with Crippen molar-refractivity contribution in [3.05, 3.63) is 22.3 Å². The Morgan fingerprint density at radius 3 is 2.63 bits per heavy atom. The molecule has 0 bridgehead atoms. The minimum atomic E-state index is -3.09. The summed E-state index contributed by atoms with van der Waals surface area (Å²) in [5.41, 5.74) is 0.927. The van der Waals surface area contributed by atoms with Gasteiger partial charge in [0.05, 0.1) is 11.9 Å². The van der Waals surface area contributed by atoms with Gasteiger partial charge in [0.15, 0.2) is 0 Å². The van der Waals surface area contributed by atoms with E-state index in [1.165, 1.54) is 10.6 Å². The molecule has 1 aromatic rings. The predicted octanol–water partition coefficient (Wildman–Crippen LogP) is 2.24.